The molecule has 2 aromatic rings. The molecule has 1 aliphatic heterocycles. The number of carbonyl (C=O) groups excluding carboxylic acids is 1. The summed E-state index contributed by atoms with van der Waals surface area (Å²) in [6.45, 7) is 3.06. The number of likely N-dealkylation sites (tertiary alicyclic amines) is 1. The van der Waals surface area contributed by atoms with Crippen LogP contribution in [0.3, 0.4) is 0 Å². The molecular formula is C16H21N3O. The van der Waals surface area contributed by atoms with Crippen LogP contribution in [0.5, 0.6) is 0 Å². The monoisotopic (exact) mass is 271 g/mol. The molecule has 0 bridgehead atoms. The fraction of sp³-hybridized carbons (Fsp3) is 0.438. The van der Waals surface area contributed by atoms with Crippen molar-refractivity contribution in [3.63, 3.8) is 0 Å². The summed E-state index contributed by atoms with van der Waals surface area (Å²) in [6.07, 6.45) is 4.24. The van der Waals surface area contributed by atoms with E-state index in [1.165, 1.54) is 12.8 Å². The van der Waals surface area contributed by atoms with Gasteiger partial charge in [0.1, 0.15) is 0 Å². The Kier molecular flexibility index (Phi) is 3.74. The molecule has 20 heavy (non-hydrogen) atoms. The van der Waals surface area contributed by atoms with E-state index in [4.69, 9.17) is 0 Å². The number of aromatic nitrogens is 1. The number of rotatable bonds is 3. The van der Waals surface area contributed by atoms with Crippen LogP contribution in [0.15, 0.2) is 30.5 Å². The second-order valence-electron chi connectivity index (χ2n) is 5.74. The molecular weight excluding hydrogens is 250 g/mol. The zero-order chi connectivity index (χ0) is 13.9. The van der Waals surface area contributed by atoms with Gasteiger partial charge in [-0.1, -0.05) is 0 Å². The molecule has 0 unspecified atom stereocenters. The molecule has 4 heteroatoms. The highest BCUT2D eigenvalue weighted by Gasteiger charge is 2.17. The van der Waals surface area contributed by atoms with Gasteiger partial charge in [-0.05, 0) is 63.2 Å². The lowest BCUT2D eigenvalue weighted by Crippen LogP contribution is -2.36. The van der Waals surface area contributed by atoms with E-state index in [0.717, 1.165) is 36.1 Å². The van der Waals surface area contributed by atoms with Gasteiger partial charge in [0, 0.05) is 29.2 Å². The highest BCUT2D eigenvalue weighted by atomic mass is 16.1. The fourth-order valence-electron chi connectivity index (χ4n) is 2.80. The summed E-state index contributed by atoms with van der Waals surface area (Å²) in [5.74, 6) is 0.651. The van der Waals surface area contributed by atoms with Crippen LogP contribution in [0, 0.1) is 5.92 Å². The first-order valence-electron chi connectivity index (χ1n) is 7.26. The zero-order valence-electron chi connectivity index (χ0n) is 11.9. The van der Waals surface area contributed by atoms with Crippen molar-refractivity contribution in [1.82, 2.24) is 15.2 Å². The molecule has 0 saturated carbocycles. The molecule has 1 aromatic carbocycles. The maximum atomic E-state index is 12.2. The average molecular weight is 271 g/mol. The van der Waals surface area contributed by atoms with E-state index in [1.54, 1.807) is 0 Å². The average Bonchev–Trinajstić information content (AvgIpc) is 2.93. The summed E-state index contributed by atoms with van der Waals surface area (Å²) >= 11 is 0. The molecule has 1 saturated heterocycles. The number of amides is 1. The van der Waals surface area contributed by atoms with Crippen LogP contribution in [-0.4, -0.2) is 42.5 Å². The number of benzene rings is 1. The molecule has 0 spiro atoms. The van der Waals surface area contributed by atoms with Gasteiger partial charge in [0.05, 0.1) is 0 Å². The van der Waals surface area contributed by atoms with Gasteiger partial charge in [0.15, 0.2) is 0 Å². The Labute approximate surface area is 119 Å². The predicted octanol–water partition coefficient (Wildman–Crippen LogP) is 2.24. The Morgan fingerprint density at radius 1 is 1.35 bits per heavy atom. The molecule has 3 rings (SSSR count). The van der Waals surface area contributed by atoms with E-state index < -0.39 is 0 Å². The van der Waals surface area contributed by atoms with Crippen molar-refractivity contribution in [2.75, 3.05) is 26.7 Å². The minimum absolute atomic E-state index is 0.0343. The molecule has 2 N–H and O–H groups in total. The van der Waals surface area contributed by atoms with Gasteiger partial charge >= 0.3 is 0 Å². The first-order chi connectivity index (χ1) is 9.72. The van der Waals surface area contributed by atoms with Gasteiger partial charge < -0.3 is 15.2 Å². The van der Waals surface area contributed by atoms with Gasteiger partial charge in [-0.2, -0.15) is 0 Å². The van der Waals surface area contributed by atoms with Crippen LogP contribution < -0.4 is 5.32 Å². The summed E-state index contributed by atoms with van der Waals surface area (Å²) in [5, 5.41) is 4.15. The number of hydrogen-bond acceptors (Lipinski definition) is 2. The maximum Gasteiger partial charge on any atom is 0.251 e. The molecule has 1 aliphatic rings. The maximum absolute atomic E-state index is 12.2. The predicted molar refractivity (Wildman–Crippen MR) is 80.9 cm³/mol. The first-order valence-corrected chi connectivity index (χ1v) is 7.26. The second kappa shape index (κ2) is 5.67. The molecule has 1 aromatic heterocycles. The summed E-state index contributed by atoms with van der Waals surface area (Å²) in [7, 11) is 2.15. The summed E-state index contributed by atoms with van der Waals surface area (Å²) < 4.78 is 0. The van der Waals surface area contributed by atoms with E-state index in [9.17, 15) is 4.79 Å². The highest BCUT2D eigenvalue weighted by molar-refractivity contribution is 5.98. The Hall–Kier alpha value is -1.81. The van der Waals surface area contributed by atoms with Crippen LogP contribution in [-0.2, 0) is 0 Å². The number of nitrogens with zero attached hydrogens (tertiary/aromatic N) is 1. The molecule has 4 nitrogen and oxygen atoms in total. The van der Waals surface area contributed by atoms with Crippen molar-refractivity contribution in [2.45, 2.75) is 12.8 Å². The van der Waals surface area contributed by atoms with Gasteiger partial charge in [0.2, 0.25) is 0 Å². The molecule has 1 fully saturated rings. The van der Waals surface area contributed by atoms with Crippen molar-refractivity contribution in [3.05, 3.63) is 36.0 Å². The zero-order valence-corrected chi connectivity index (χ0v) is 11.9. The summed E-state index contributed by atoms with van der Waals surface area (Å²) in [4.78, 5) is 17.7. The third kappa shape index (κ3) is 2.85. The van der Waals surface area contributed by atoms with Crippen molar-refractivity contribution >= 4 is 16.8 Å². The number of nitrogens with one attached hydrogen (secondary N) is 2. The van der Waals surface area contributed by atoms with Gasteiger partial charge in [0.25, 0.3) is 5.91 Å². The molecule has 2 heterocycles. The topological polar surface area (TPSA) is 48.1 Å². The van der Waals surface area contributed by atoms with E-state index in [1.807, 2.05) is 30.5 Å². The lowest BCUT2D eigenvalue weighted by atomic mass is 9.97. The van der Waals surface area contributed by atoms with Crippen molar-refractivity contribution in [2.24, 2.45) is 5.92 Å². The van der Waals surface area contributed by atoms with Crippen LogP contribution in [0.2, 0.25) is 0 Å². The molecule has 0 atom stereocenters. The summed E-state index contributed by atoms with van der Waals surface area (Å²) in [5.41, 5.74) is 1.81. The lowest BCUT2D eigenvalue weighted by molar-refractivity contribution is 0.0939. The Balaban J connectivity index is 1.58. The second-order valence-corrected chi connectivity index (χ2v) is 5.74. The Morgan fingerprint density at radius 3 is 2.95 bits per heavy atom. The number of fused-ring (bicyclic) bond motifs is 1. The number of H-pyrrole nitrogens is 1. The van der Waals surface area contributed by atoms with Crippen LogP contribution in [0.1, 0.15) is 23.2 Å². The minimum atomic E-state index is 0.0343. The molecule has 0 aliphatic carbocycles. The quantitative estimate of drug-likeness (QED) is 0.899. The Bertz CT molecular complexity index is 597. The Morgan fingerprint density at radius 2 is 2.15 bits per heavy atom. The number of carbonyl (C=O) groups is 1. The molecule has 0 radical (unpaired) electrons. The highest BCUT2D eigenvalue weighted by Crippen LogP contribution is 2.16. The number of hydrogen-bond donors (Lipinski definition) is 2. The first kappa shape index (κ1) is 13.2. The van der Waals surface area contributed by atoms with Crippen molar-refractivity contribution in [3.8, 4) is 0 Å². The summed E-state index contributed by atoms with van der Waals surface area (Å²) in [6, 6.07) is 7.77. The fourth-order valence-corrected chi connectivity index (χ4v) is 2.80. The van der Waals surface area contributed by atoms with Crippen molar-refractivity contribution < 1.29 is 4.79 Å². The van der Waals surface area contributed by atoms with Crippen molar-refractivity contribution in [1.29, 1.82) is 0 Å². The lowest BCUT2D eigenvalue weighted by Gasteiger charge is -2.28. The van der Waals surface area contributed by atoms with Gasteiger partial charge in [-0.3, -0.25) is 4.79 Å². The van der Waals surface area contributed by atoms with Crippen LogP contribution in [0.25, 0.3) is 10.9 Å². The van der Waals surface area contributed by atoms with E-state index in [2.05, 4.69) is 22.2 Å². The minimum Gasteiger partial charge on any atom is -0.361 e. The van der Waals surface area contributed by atoms with E-state index in [0.29, 0.717) is 5.92 Å². The van der Waals surface area contributed by atoms with Gasteiger partial charge in [-0.15, -0.1) is 0 Å². The van der Waals surface area contributed by atoms with Crippen LogP contribution in [0.4, 0.5) is 0 Å². The number of piperidine rings is 1. The SMILES string of the molecule is CN1CCC(CNC(=O)c2ccc3[nH]ccc3c2)CC1. The normalized spacial score (nSPS) is 17.4. The largest absolute Gasteiger partial charge is 0.361 e. The molecule has 106 valence electrons. The van der Waals surface area contributed by atoms with Crippen LogP contribution >= 0.6 is 0 Å². The smallest absolute Gasteiger partial charge is 0.251 e. The molecule has 1 amide bonds. The third-order valence-corrected chi connectivity index (χ3v) is 4.20. The number of aromatic amines is 1. The third-order valence-electron chi connectivity index (χ3n) is 4.20. The van der Waals surface area contributed by atoms with E-state index >= 15 is 0 Å². The van der Waals surface area contributed by atoms with E-state index in [-0.39, 0.29) is 5.91 Å². The van der Waals surface area contributed by atoms with Gasteiger partial charge in [-0.25, -0.2) is 0 Å². The standard InChI is InChI=1S/C16H21N3O/c1-19-8-5-12(6-9-19)11-18-16(20)14-2-3-15-13(10-14)4-7-17-15/h2-4,7,10,12,17H,5-6,8-9,11H2,1H3,(H,18,20).